The highest BCUT2D eigenvalue weighted by Gasteiger charge is 2.40. The molecule has 0 bridgehead atoms. The van der Waals surface area contributed by atoms with Gasteiger partial charge in [-0.3, -0.25) is 4.98 Å². The highest BCUT2D eigenvalue weighted by molar-refractivity contribution is 8.21. The molecule has 0 aliphatic carbocycles. The van der Waals surface area contributed by atoms with E-state index in [-0.39, 0.29) is 16.9 Å². The summed E-state index contributed by atoms with van der Waals surface area (Å²) in [6.07, 6.45) is 1.83. The molecule has 2 aliphatic rings. The molecular formula is C24H25ClN6O2S. The van der Waals surface area contributed by atoms with Gasteiger partial charge in [-0.25, -0.2) is 14.8 Å². The summed E-state index contributed by atoms with van der Waals surface area (Å²) in [5.41, 5.74) is 3.84. The van der Waals surface area contributed by atoms with Crippen molar-refractivity contribution in [3.63, 3.8) is 0 Å². The van der Waals surface area contributed by atoms with Crippen LogP contribution in [0.25, 0.3) is 11.0 Å². The number of aromatic nitrogens is 3. The normalized spacial score (nSPS) is 23.5. The van der Waals surface area contributed by atoms with Crippen molar-refractivity contribution < 1.29 is 9.90 Å². The summed E-state index contributed by atoms with van der Waals surface area (Å²) in [4.78, 5) is 27.6. The van der Waals surface area contributed by atoms with Crippen LogP contribution in [0, 0.1) is 29.4 Å². The van der Waals surface area contributed by atoms with Gasteiger partial charge in [0.25, 0.3) is 0 Å². The molecular weight excluding hydrogens is 472 g/mol. The number of carboxylic acids is 1. The molecule has 0 amide bonds. The second kappa shape index (κ2) is 8.93. The molecule has 8 nitrogen and oxygen atoms in total. The number of pyridine rings is 1. The minimum Gasteiger partial charge on any atom is -0.476 e. The van der Waals surface area contributed by atoms with E-state index < -0.39 is 16.9 Å². The molecule has 176 valence electrons. The van der Waals surface area contributed by atoms with Crippen LogP contribution in [0.4, 0.5) is 11.5 Å². The number of aryl methyl sites for hydroxylation is 1. The van der Waals surface area contributed by atoms with Gasteiger partial charge in [-0.05, 0) is 61.0 Å². The highest BCUT2D eigenvalue weighted by atomic mass is 35.5. The smallest absolute Gasteiger partial charge is 0.356 e. The maximum atomic E-state index is 11.6. The SMILES string of the molecule is Cc1cc([C@@H](C)Nc2ccc(Cl)nc2C(=O)O)c2ncc(N3CC4C[SH](C#N)CC4C3)nc2c1. The van der Waals surface area contributed by atoms with Crippen molar-refractivity contribution in [1.29, 1.82) is 5.26 Å². The molecule has 4 heterocycles. The molecule has 2 aliphatic heterocycles. The number of carbonyl (C=O) groups is 1. The molecule has 34 heavy (non-hydrogen) atoms. The summed E-state index contributed by atoms with van der Waals surface area (Å²) in [7, 11) is -0.451. The Balaban J connectivity index is 1.42. The molecule has 2 saturated heterocycles. The van der Waals surface area contributed by atoms with Crippen LogP contribution in [0.2, 0.25) is 5.15 Å². The van der Waals surface area contributed by atoms with Gasteiger partial charge in [0, 0.05) is 18.7 Å². The van der Waals surface area contributed by atoms with Gasteiger partial charge < -0.3 is 15.3 Å². The average Bonchev–Trinajstić information content (AvgIpc) is 3.38. The second-order valence-corrected chi connectivity index (χ2v) is 11.5. The van der Waals surface area contributed by atoms with E-state index in [9.17, 15) is 15.2 Å². The third kappa shape index (κ3) is 4.24. The Bertz CT molecular complexity index is 1310. The first-order chi connectivity index (χ1) is 16.3. The Morgan fingerprint density at radius 3 is 2.71 bits per heavy atom. The van der Waals surface area contributed by atoms with Crippen LogP contribution < -0.4 is 10.2 Å². The molecule has 2 unspecified atom stereocenters. The largest absolute Gasteiger partial charge is 0.476 e. The molecule has 0 saturated carbocycles. The molecule has 0 radical (unpaired) electrons. The number of hydrogen-bond donors (Lipinski definition) is 3. The Labute approximate surface area is 205 Å². The predicted octanol–water partition coefficient (Wildman–Crippen LogP) is 4.41. The van der Waals surface area contributed by atoms with Crippen LogP contribution >= 0.6 is 22.5 Å². The Morgan fingerprint density at radius 2 is 2.03 bits per heavy atom. The number of aromatic carboxylic acids is 1. The Kier molecular flexibility index (Phi) is 5.96. The van der Waals surface area contributed by atoms with Crippen LogP contribution in [0.15, 0.2) is 30.5 Å². The summed E-state index contributed by atoms with van der Waals surface area (Å²) in [6, 6.07) is 7.03. The number of nitriles is 1. The van der Waals surface area contributed by atoms with E-state index in [4.69, 9.17) is 21.6 Å². The van der Waals surface area contributed by atoms with Crippen molar-refractivity contribution in [2.45, 2.75) is 19.9 Å². The predicted molar refractivity (Wildman–Crippen MR) is 136 cm³/mol. The quantitative estimate of drug-likeness (QED) is 0.270. The number of rotatable bonds is 5. The number of thiol groups is 1. The minimum absolute atomic E-state index is 0.121. The summed E-state index contributed by atoms with van der Waals surface area (Å²) in [5.74, 6) is 2.97. The third-order valence-electron chi connectivity index (χ3n) is 6.66. The van der Waals surface area contributed by atoms with E-state index in [1.165, 1.54) is 0 Å². The first-order valence-corrected chi connectivity index (χ1v) is 13.2. The number of fused-ring (bicyclic) bond motifs is 2. The first kappa shape index (κ1) is 22.7. The van der Waals surface area contributed by atoms with Crippen molar-refractivity contribution in [1.82, 2.24) is 15.0 Å². The van der Waals surface area contributed by atoms with E-state index in [2.05, 4.69) is 20.6 Å². The molecule has 3 aromatic rings. The third-order valence-corrected chi connectivity index (χ3v) is 8.97. The number of carboxylic acid groups (broad SMARTS) is 1. The van der Waals surface area contributed by atoms with Gasteiger partial charge in [0.1, 0.15) is 16.4 Å². The fraction of sp³-hybridized carbons (Fsp3) is 0.375. The van der Waals surface area contributed by atoms with Crippen molar-refractivity contribution in [2.75, 3.05) is 34.8 Å². The first-order valence-electron chi connectivity index (χ1n) is 11.2. The van der Waals surface area contributed by atoms with Crippen LogP contribution in [0.5, 0.6) is 0 Å². The van der Waals surface area contributed by atoms with Crippen LogP contribution in [-0.2, 0) is 0 Å². The number of nitrogens with zero attached hydrogens (tertiary/aromatic N) is 5. The van der Waals surface area contributed by atoms with Crippen LogP contribution in [0.1, 0.15) is 34.6 Å². The molecule has 2 fully saturated rings. The van der Waals surface area contributed by atoms with E-state index in [1.807, 2.05) is 32.2 Å². The maximum Gasteiger partial charge on any atom is 0.356 e. The van der Waals surface area contributed by atoms with E-state index >= 15 is 0 Å². The molecule has 1 aromatic carbocycles. The molecule has 3 atom stereocenters. The van der Waals surface area contributed by atoms with Gasteiger partial charge >= 0.3 is 5.97 Å². The van der Waals surface area contributed by atoms with Gasteiger partial charge in [0.15, 0.2) is 5.69 Å². The summed E-state index contributed by atoms with van der Waals surface area (Å²) in [5, 5.41) is 24.7. The molecule has 5 rings (SSSR count). The number of hydrogen-bond acceptors (Lipinski definition) is 7. The molecule has 0 spiro atoms. The van der Waals surface area contributed by atoms with Crippen LogP contribution in [-0.4, -0.2) is 50.6 Å². The maximum absolute atomic E-state index is 11.6. The molecule has 2 aromatic heterocycles. The van der Waals surface area contributed by atoms with Crippen molar-refractivity contribution in [3.05, 3.63) is 52.4 Å². The highest BCUT2D eigenvalue weighted by Crippen LogP contribution is 2.45. The fourth-order valence-corrected chi connectivity index (χ4v) is 7.48. The molecule has 2 N–H and O–H groups in total. The lowest BCUT2D eigenvalue weighted by atomic mass is 10.0. The number of anilines is 2. The molecule has 10 heteroatoms. The average molecular weight is 497 g/mol. The van der Waals surface area contributed by atoms with E-state index in [1.54, 1.807) is 12.1 Å². The zero-order chi connectivity index (χ0) is 24.0. The Morgan fingerprint density at radius 1 is 1.29 bits per heavy atom. The lowest BCUT2D eigenvalue weighted by Crippen LogP contribution is -2.23. The van der Waals surface area contributed by atoms with Gasteiger partial charge in [0.2, 0.25) is 0 Å². The van der Waals surface area contributed by atoms with Gasteiger partial charge in [-0.1, -0.05) is 17.7 Å². The van der Waals surface area contributed by atoms with Crippen LogP contribution in [0.3, 0.4) is 0 Å². The van der Waals surface area contributed by atoms with Crippen molar-refractivity contribution in [3.8, 4) is 5.40 Å². The van der Waals surface area contributed by atoms with Crippen molar-refractivity contribution in [2.24, 2.45) is 11.8 Å². The Hall–Kier alpha value is -3.09. The fourth-order valence-electron chi connectivity index (χ4n) is 5.06. The second-order valence-electron chi connectivity index (χ2n) is 9.08. The van der Waals surface area contributed by atoms with E-state index in [0.29, 0.717) is 17.5 Å². The van der Waals surface area contributed by atoms with Gasteiger partial charge in [-0.2, -0.15) is 16.2 Å². The monoisotopic (exact) mass is 496 g/mol. The van der Waals surface area contributed by atoms with E-state index in [0.717, 1.165) is 52.6 Å². The zero-order valence-corrected chi connectivity index (χ0v) is 20.5. The summed E-state index contributed by atoms with van der Waals surface area (Å²) < 4.78 is 0. The van der Waals surface area contributed by atoms with Gasteiger partial charge in [-0.15, -0.1) is 0 Å². The number of halogens is 1. The number of thiocyanates is 1. The summed E-state index contributed by atoms with van der Waals surface area (Å²) >= 11 is 5.89. The van der Waals surface area contributed by atoms with Crippen molar-refractivity contribution >= 4 is 51.0 Å². The lowest BCUT2D eigenvalue weighted by molar-refractivity contribution is 0.0691. The minimum atomic E-state index is -1.14. The number of benzene rings is 1. The lowest BCUT2D eigenvalue weighted by Gasteiger charge is -2.21. The zero-order valence-electron chi connectivity index (χ0n) is 18.9. The number of nitrogens with one attached hydrogen (secondary N) is 1. The summed E-state index contributed by atoms with van der Waals surface area (Å²) in [6.45, 7) is 5.84. The topological polar surface area (TPSA) is 115 Å². The van der Waals surface area contributed by atoms with Gasteiger partial charge in [0.05, 0.1) is 29.0 Å². The standard InChI is InChI=1S/C24H25ClN6O2S/c1-13-5-17(14(2)28-18-3-4-20(25)30-23(18)24(32)33)22-19(6-13)29-21(7-27-22)31-8-15-10-34(12-26)11-16(15)9-31/h3-7,14-16,28,34H,8-11H2,1-2H3,(H,32,33)/t14-,15?,16?/m1/s1.